The molecule has 9 heteroatoms. The number of aliphatic hydroxyl groups is 2. The molecule has 0 spiro atoms. The number of carbonyl (C=O) groups excluding carboxylic acids is 1. The maximum absolute atomic E-state index is 12.4. The van der Waals surface area contributed by atoms with Crippen molar-refractivity contribution in [1.29, 1.82) is 0 Å². The van der Waals surface area contributed by atoms with Gasteiger partial charge in [-0.2, -0.15) is 0 Å². The van der Waals surface area contributed by atoms with Crippen molar-refractivity contribution in [2.75, 3.05) is 36.5 Å². The van der Waals surface area contributed by atoms with E-state index in [4.69, 9.17) is 21.8 Å². The lowest BCUT2D eigenvalue weighted by atomic mass is 10.1. The van der Waals surface area contributed by atoms with Crippen LogP contribution in [0, 0.1) is 10.1 Å². The van der Waals surface area contributed by atoms with Crippen LogP contribution in [0.4, 0.5) is 17.1 Å². The van der Waals surface area contributed by atoms with Gasteiger partial charge in [-0.1, -0.05) is 17.7 Å². The fourth-order valence-corrected chi connectivity index (χ4v) is 2.63. The Kier molecular flexibility index (Phi) is 6.90. The Morgan fingerprint density at radius 2 is 1.85 bits per heavy atom. The molecule has 2 aromatic carbocycles. The van der Waals surface area contributed by atoms with Crippen LogP contribution in [0.5, 0.6) is 0 Å². The molecule has 26 heavy (non-hydrogen) atoms. The van der Waals surface area contributed by atoms with Crippen LogP contribution in [-0.2, 0) is 0 Å². The van der Waals surface area contributed by atoms with Crippen LogP contribution in [0.2, 0.25) is 5.02 Å². The second kappa shape index (κ2) is 9.14. The highest BCUT2D eigenvalue weighted by Gasteiger charge is 2.21. The minimum Gasteiger partial charge on any atom is -0.395 e. The molecule has 2 rings (SSSR count). The van der Waals surface area contributed by atoms with Gasteiger partial charge < -0.3 is 20.4 Å². The van der Waals surface area contributed by atoms with Crippen molar-refractivity contribution in [2.24, 2.45) is 0 Å². The number of anilines is 2. The fourth-order valence-electron chi connectivity index (χ4n) is 2.44. The third-order valence-electron chi connectivity index (χ3n) is 3.60. The third kappa shape index (κ3) is 4.92. The van der Waals surface area contributed by atoms with Crippen LogP contribution in [-0.4, -0.2) is 47.3 Å². The molecule has 0 aromatic heterocycles. The van der Waals surface area contributed by atoms with Crippen LogP contribution in [0.15, 0.2) is 42.5 Å². The Balaban J connectivity index is 2.31. The van der Waals surface area contributed by atoms with Crippen molar-refractivity contribution >= 4 is 34.6 Å². The van der Waals surface area contributed by atoms with E-state index >= 15 is 0 Å². The van der Waals surface area contributed by atoms with Gasteiger partial charge in [0.05, 0.1) is 18.1 Å². The van der Waals surface area contributed by atoms with Gasteiger partial charge in [0.15, 0.2) is 0 Å². The number of carbonyl (C=O) groups is 1. The molecule has 0 bridgehead atoms. The van der Waals surface area contributed by atoms with E-state index in [2.05, 4.69) is 5.32 Å². The van der Waals surface area contributed by atoms with Crippen LogP contribution in [0.3, 0.4) is 0 Å². The first kappa shape index (κ1) is 19.6. The molecular formula is C17H18ClN3O5. The minimum atomic E-state index is -0.604. The lowest BCUT2D eigenvalue weighted by Gasteiger charge is -2.22. The normalized spacial score (nSPS) is 10.4. The van der Waals surface area contributed by atoms with Crippen molar-refractivity contribution in [1.82, 2.24) is 0 Å². The molecule has 1 amide bonds. The molecule has 0 fully saturated rings. The van der Waals surface area contributed by atoms with Crippen molar-refractivity contribution in [3.63, 3.8) is 0 Å². The van der Waals surface area contributed by atoms with Crippen molar-refractivity contribution in [3.8, 4) is 0 Å². The summed E-state index contributed by atoms with van der Waals surface area (Å²) in [5, 5.41) is 32.7. The monoisotopic (exact) mass is 379 g/mol. The predicted octanol–water partition coefficient (Wildman–Crippen LogP) is 2.29. The second-order valence-corrected chi connectivity index (χ2v) is 5.80. The molecule has 0 aliphatic heterocycles. The van der Waals surface area contributed by atoms with Crippen molar-refractivity contribution in [3.05, 3.63) is 63.2 Å². The van der Waals surface area contributed by atoms with Gasteiger partial charge in [-0.05, 0) is 30.3 Å². The number of rotatable bonds is 8. The number of benzene rings is 2. The number of hydrogen-bond donors (Lipinski definition) is 3. The summed E-state index contributed by atoms with van der Waals surface area (Å²) >= 11 is 5.87. The van der Waals surface area contributed by atoms with Gasteiger partial charge >= 0.3 is 0 Å². The summed E-state index contributed by atoms with van der Waals surface area (Å²) in [6, 6.07) is 10.6. The number of amides is 1. The topological polar surface area (TPSA) is 116 Å². The first-order chi connectivity index (χ1) is 12.5. The molecule has 138 valence electrons. The molecular weight excluding hydrogens is 362 g/mol. The van der Waals surface area contributed by atoms with E-state index in [1.54, 1.807) is 24.3 Å². The van der Waals surface area contributed by atoms with E-state index in [0.29, 0.717) is 10.7 Å². The number of nitrogens with zero attached hydrogens (tertiary/aromatic N) is 2. The highest BCUT2D eigenvalue weighted by molar-refractivity contribution is 6.31. The van der Waals surface area contributed by atoms with Crippen LogP contribution in [0.25, 0.3) is 0 Å². The average molecular weight is 380 g/mol. The minimum absolute atomic E-state index is 0.105. The first-order valence-electron chi connectivity index (χ1n) is 7.78. The zero-order valence-corrected chi connectivity index (χ0v) is 14.5. The predicted molar refractivity (Wildman–Crippen MR) is 98.9 cm³/mol. The maximum Gasteiger partial charge on any atom is 0.293 e. The van der Waals surface area contributed by atoms with E-state index in [0.717, 1.165) is 6.07 Å². The lowest BCUT2D eigenvalue weighted by molar-refractivity contribution is -0.384. The zero-order chi connectivity index (χ0) is 19.1. The number of hydrogen-bond acceptors (Lipinski definition) is 6. The van der Waals surface area contributed by atoms with Crippen molar-refractivity contribution < 1.29 is 19.9 Å². The molecule has 0 saturated heterocycles. The van der Waals surface area contributed by atoms with Gasteiger partial charge in [0, 0.05) is 35.4 Å². The van der Waals surface area contributed by atoms with E-state index in [1.807, 2.05) is 0 Å². The Morgan fingerprint density at radius 3 is 2.42 bits per heavy atom. The van der Waals surface area contributed by atoms with Gasteiger partial charge in [0.25, 0.3) is 11.6 Å². The van der Waals surface area contributed by atoms with Crippen LogP contribution >= 0.6 is 11.6 Å². The zero-order valence-electron chi connectivity index (χ0n) is 13.8. The van der Waals surface area contributed by atoms with E-state index < -0.39 is 10.8 Å². The summed E-state index contributed by atoms with van der Waals surface area (Å²) in [6.45, 7) is -0.215. The second-order valence-electron chi connectivity index (χ2n) is 5.36. The summed E-state index contributed by atoms with van der Waals surface area (Å²) in [6.07, 6.45) is 0. The number of aliphatic hydroxyl groups excluding tert-OH is 2. The van der Waals surface area contributed by atoms with Gasteiger partial charge in [-0.15, -0.1) is 0 Å². The average Bonchev–Trinajstić information content (AvgIpc) is 2.61. The Morgan fingerprint density at radius 1 is 1.15 bits per heavy atom. The quantitative estimate of drug-likeness (QED) is 0.478. The number of nitrogens with one attached hydrogen (secondary N) is 1. The molecule has 2 aromatic rings. The smallest absolute Gasteiger partial charge is 0.293 e. The highest BCUT2D eigenvalue weighted by atomic mass is 35.5. The number of nitro benzene ring substituents is 1. The summed E-state index contributed by atoms with van der Waals surface area (Å²) in [4.78, 5) is 24.7. The van der Waals surface area contributed by atoms with Gasteiger partial charge in [0.1, 0.15) is 5.69 Å². The maximum atomic E-state index is 12.4. The Hall–Kier alpha value is -2.68. The molecule has 0 unspecified atom stereocenters. The third-order valence-corrected chi connectivity index (χ3v) is 3.83. The summed E-state index contributed by atoms with van der Waals surface area (Å²) in [5.41, 5.74) is 0.507. The molecule has 0 aliphatic carbocycles. The van der Waals surface area contributed by atoms with E-state index in [9.17, 15) is 14.9 Å². The molecule has 8 nitrogen and oxygen atoms in total. The standard InChI is InChI=1S/C17H18ClN3O5/c18-13-2-1-3-14(11-13)19-17(24)12-4-5-15(16(10-12)21(25)26)20(6-8-22)7-9-23/h1-5,10-11,22-23H,6-9H2,(H,19,24). The lowest BCUT2D eigenvalue weighted by Crippen LogP contribution is -2.30. The molecule has 3 N–H and O–H groups in total. The highest BCUT2D eigenvalue weighted by Crippen LogP contribution is 2.29. The van der Waals surface area contributed by atoms with Crippen molar-refractivity contribution in [2.45, 2.75) is 0 Å². The molecule has 0 aliphatic rings. The molecule has 0 atom stereocenters. The van der Waals surface area contributed by atoms with Gasteiger partial charge in [0.2, 0.25) is 0 Å². The fraction of sp³-hybridized carbons (Fsp3) is 0.235. The summed E-state index contributed by atoms with van der Waals surface area (Å²) in [5.74, 6) is -0.516. The van der Waals surface area contributed by atoms with E-state index in [1.165, 1.54) is 17.0 Å². The molecule has 0 radical (unpaired) electrons. The van der Waals surface area contributed by atoms with Gasteiger partial charge in [-0.3, -0.25) is 14.9 Å². The van der Waals surface area contributed by atoms with Gasteiger partial charge in [-0.25, -0.2) is 0 Å². The number of halogens is 1. The number of nitro groups is 1. The molecule has 0 saturated carbocycles. The SMILES string of the molecule is O=C(Nc1cccc(Cl)c1)c1ccc(N(CCO)CCO)c([N+](=O)[O-])c1. The largest absolute Gasteiger partial charge is 0.395 e. The summed E-state index contributed by atoms with van der Waals surface area (Å²) in [7, 11) is 0. The van der Waals surface area contributed by atoms with E-state index in [-0.39, 0.29) is 43.2 Å². The Labute approximate surface area is 154 Å². The van der Waals surface area contributed by atoms with Crippen LogP contribution < -0.4 is 10.2 Å². The first-order valence-corrected chi connectivity index (χ1v) is 8.16. The Bertz CT molecular complexity index is 794. The van der Waals surface area contributed by atoms with Crippen LogP contribution in [0.1, 0.15) is 10.4 Å². The summed E-state index contributed by atoms with van der Waals surface area (Å²) < 4.78 is 0. The molecule has 0 heterocycles.